The van der Waals surface area contributed by atoms with Gasteiger partial charge in [0.05, 0.1) is 4.90 Å². The number of hydrogen-bond donors (Lipinski definition) is 2. The van der Waals surface area contributed by atoms with Crippen molar-refractivity contribution in [1.82, 2.24) is 14.9 Å². The van der Waals surface area contributed by atoms with Crippen LogP contribution in [0.2, 0.25) is 0 Å². The third-order valence-corrected chi connectivity index (χ3v) is 7.63. The number of sulfonamides is 1. The molecule has 0 bridgehead atoms. The lowest BCUT2D eigenvalue weighted by atomic mass is 9.79. The first-order chi connectivity index (χ1) is 14.0. The minimum Gasteiger partial charge on any atom is -0.350 e. The van der Waals surface area contributed by atoms with Gasteiger partial charge in [0.25, 0.3) is 5.91 Å². The van der Waals surface area contributed by atoms with Crippen molar-refractivity contribution in [3.05, 3.63) is 42.5 Å². The fourth-order valence-electron chi connectivity index (χ4n) is 4.59. The molecule has 0 atom stereocenters. The molecule has 2 fully saturated rings. The fraction of sp³-hybridized carbons (Fsp3) is 0.591. The summed E-state index contributed by atoms with van der Waals surface area (Å²) in [7, 11) is -3.65. The topological polar surface area (TPSA) is 78.5 Å². The van der Waals surface area contributed by atoms with Gasteiger partial charge in [-0.15, -0.1) is 6.58 Å². The summed E-state index contributed by atoms with van der Waals surface area (Å²) < 4.78 is 27.1. The molecule has 1 aromatic rings. The van der Waals surface area contributed by atoms with Crippen LogP contribution in [0.3, 0.4) is 0 Å². The van der Waals surface area contributed by atoms with Gasteiger partial charge < -0.3 is 5.32 Å². The van der Waals surface area contributed by atoms with E-state index < -0.39 is 10.0 Å². The van der Waals surface area contributed by atoms with Crippen LogP contribution in [0.4, 0.5) is 0 Å². The van der Waals surface area contributed by atoms with E-state index in [-0.39, 0.29) is 22.9 Å². The zero-order chi connectivity index (χ0) is 20.7. The van der Waals surface area contributed by atoms with Crippen LogP contribution in [0.5, 0.6) is 0 Å². The second-order valence-corrected chi connectivity index (χ2v) is 9.95. The van der Waals surface area contributed by atoms with E-state index in [2.05, 4.69) is 21.5 Å². The lowest BCUT2D eigenvalue weighted by Gasteiger charge is -2.48. The van der Waals surface area contributed by atoms with E-state index in [4.69, 9.17) is 0 Å². The van der Waals surface area contributed by atoms with Gasteiger partial charge in [0.2, 0.25) is 10.0 Å². The van der Waals surface area contributed by atoms with Gasteiger partial charge >= 0.3 is 0 Å². The average molecular weight is 420 g/mol. The van der Waals surface area contributed by atoms with Crippen molar-refractivity contribution in [2.45, 2.75) is 61.8 Å². The first-order valence-corrected chi connectivity index (χ1v) is 12.2. The molecule has 160 valence electrons. The Bertz CT molecular complexity index is 810. The average Bonchev–Trinajstić information content (AvgIpc) is 2.77. The molecule has 2 N–H and O–H groups in total. The molecule has 1 aliphatic heterocycles. The molecular formula is C22H33N3O3S. The largest absolute Gasteiger partial charge is 0.350 e. The molecule has 29 heavy (non-hydrogen) atoms. The van der Waals surface area contributed by atoms with Crippen molar-refractivity contribution in [3.63, 3.8) is 0 Å². The summed E-state index contributed by atoms with van der Waals surface area (Å²) in [5.74, 6) is -0.215. The molecule has 0 spiro atoms. The minimum atomic E-state index is -3.65. The summed E-state index contributed by atoms with van der Waals surface area (Å²) in [5, 5.41) is 3.12. The van der Waals surface area contributed by atoms with Crippen molar-refractivity contribution in [3.8, 4) is 0 Å². The zero-order valence-corrected chi connectivity index (χ0v) is 18.0. The van der Waals surface area contributed by atoms with E-state index in [9.17, 15) is 13.2 Å². The highest BCUT2D eigenvalue weighted by Gasteiger charge is 2.38. The number of nitrogens with zero attached hydrogens (tertiary/aromatic N) is 1. The summed E-state index contributed by atoms with van der Waals surface area (Å²) in [6.07, 6.45) is 11.1. The second kappa shape index (κ2) is 9.87. The van der Waals surface area contributed by atoms with Gasteiger partial charge in [0.15, 0.2) is 0 Å². The van der Waals surface area contributed by atoms with Crippen molar-refractivity contribution >= 4 is 15.9 Å². The van der Waals surface area contributed by atoms with Gasteiger partial charge in [0, 0.05) is 24.2 Å². The number of likely N-dealkylation sites (tertiary alicyclic amines) is 1. The molecule has 2 aliphatic rings. The summed E-state index contributed by atoms with van der Waals surface area (Å²) in [5.41, 5.74) is 0.417. The van der Waals surface area contributed by atoms with Crippen LogP contribution in [0, 0.1) is 0 Å². The van der Waals surface area contributed by atoms with E-state index in [0.29, 0.717) is 12.1 Å². The maximum absolute atomic E-state index is 12.8. The van der Waals surface area contributed by atoms with Crippen molar-refractivity contribution in [2.24, 2.45) is 0 Å². The summed E-state index contributed by atoms with van der Waals surface area (Å²) in [6.45, 7) is 6.51. The van der Waals surface area contributed by atoms with Crippen LogP contribution in [0.1, 0.15) is 61.7 Å². The molecule has 1 aromatic carbocycles. The molecule has 7 heteroatoms. The van der Waals surface area contributed by atoms with Crippen molar-refractivity contribution < 1.29 is 13.2 Å². The number of carbonyl (C=O) groups is 1. The third kappa shape index (κ3) is 5.47. The van der Waals surface area contributed by atoms with Gasteiger partial charge in [-0.1, -0.05) is 37.8 Å². The highest BCUT2D eigenvalue weighted by molar-refractivity contribution is 7.89. The molecule has 1 amide bonds. The zero-order valence-electron chi connectivity index (χ0n) is 17.2. The van der Waals surface area contributed by atoms with Crippen molar-refractivity contribution in [2.75, 3.05) is 26.2 Å². The van der Waals surface area contributed by atoms with Gasteiger partial charge in [-0.25, -0.2) is 13.1 Å². The normalized spacial score (nSPS) is 20.1. The molecule has 0 radical (unpaired) electrons. The number of hydrogen-bond acceptors (Lipinski definition) is 4. The Balaban J connectivity index is 1.70. The van der Waals surface area contributed by atoms with E-state index >= 15 is 0 Å². The second-order valence-electron chi connectivity index (χ2n) is 8.18. The number of nitrogens with one attached hydrogen (secondary N) is 2. The smallest absolute Gasteiger partial charge is 0.251 e. The quantitative estimate of drug-likeness (QED) is 0.635. The third-order valence-electron chi connectivity index (χ3n) is 6.21. The van der Waals surface area contributed by atoms with Crippen LogP contribution in [0.25, 0.3) is 0 Å². The summed E-state index contributed by atoms with van der Waals surface area (Å²) in [4.78, 5) is 15.5. The van der Waals surface area contributed by atoms with Crippen LogP contribution < -0.4 is 10.0 Å². The maximum Gasteiger partial charge on any atom is 0.251 e. The van der Waals surface area contributed by atoms with Crippen LogP contribution in [-0.4, -0.2) is 50.9 Å². The lowest BCUT2D eigenvalue weighted by Crippen LogP contribution is -2.58. The van der Waals surface area contributed by atoms with Gasteiger partial charge in [-0.05, 0) is 57.0 Å². The number of piperidine rings is 1. The summed E-state index contributed by atoms with van der Waals surface area (Å²) in [6, 6.07) is 6.21. The van der Waals surface area contributed by atoms with E-state index in [0.717, 1.165) is 25.9 Å². The van der Waals surface area contributed by atoms with Crippen LogP contribution in [-0.2, 0) is 10.0 Å². The molecule has 0 aromatic heterocycles. The molecule has 1 saturated heterocycles. The van der Waals surface area contributed by atoms with Gasteiger partial charge in [-0.3, -0.25) is 9.69 Å². The molecule has 0 unspecified atom stereocenters. The molecule has 1 aliphatic carbocycles. The number of rotatable bonds is 8. The fourth-order valence-corrected chi connectivity index (χ4v) is 5.63. The molecule has 3 rings (SSSR count). The molecule has 6 nitrogen and oxygen atoms in total. The van der Waals surface area contributed by atoms with Crippen molar-refractivity contribution in [1.29, 1.82) is 0 Å². The van der Waals surface area contributed by atoms with Crippen LogP contribution in [0.15, 0.2) is 41.8 Å². The Kier molecular flexibility index (Phi) is 7.49. The number of benzene rings is 1. The lowest BCUT2D eigenvalue weighted by molar-refractivity contribution is 0.0326. The standard InChI is InChI=1S/C22H33N3O3S/c1-2-14-24-29(27,28)20-11-9-10-19(17-20)21(26)23-18-22(12-5-3-6-13-22)25-15-7-4-8-16-25/h2,9-11,17,24H,1,3-8,12-16,18H2,(H,23,26). The molecular weight excluding hydrogens is 386 g/mol. The Morgan fingerprint density at radius 1 is 1.10 bits per heavy atom. The highest BCUT2D eigenvalue weighted by atomic mass is 32.2. The number of carbonyl (C=O) groups excluding carboxylic acids is 1. The molecule has 1 heterocycles. The Morgan fingerprint density at radius 2 is 1.79 bits per heavy atom. The van der Waals surface area contributed by atoms with Crippen LogP contribution >= 0.6 is 0 Å². The first kappa shape index (κ1) is 22.0. The molecule has 1 saturated carbocycles. The monoisotopic (exact) mass is 419 g/mol. The Morgan fingerprint density at radius 3 is 2.48 bits per heavy atom. The van der Waals surface area contributed by atoms with E-state index in [1.165, 1.54) is 56.7 Å². The van der Waals surface area contributed by atoms with Gasteiger partial charge in [-0.2, -0.15) is 0 Å². The SMILES string of the molecule is C=CCNS(=O)(=O)c1cccc(C(=O)NCC2(N3CCCCC3)CCCCC2)c1. The predicted octanol–water partition coefficient (Wildman–Crippen LogP) is 3.07. The highest BCUT2D eigenvalue weighted by Crippen LogP contribution is 2.35. The minimum absolute atomic E-state index is 0.0452. The first-order valence-electron chi connectivity index (χ1n) is 10.7. The Labute approximate surface area is 174 Å². The van der Waals surface area contributed by atoms with E-state index in [1.54, 1.807) is 12.1 Å². The van der Waals surface area contributed by atoms with E-state index in [1.807, 2.05) is 0 Å². The maximum atomic E-state index is 12.8. The Hall–Kier alpha value is -1.70. The summed E-state index contributed by atoms with van der Waals surface area (Å²) >= 11 is 0. The predicted molar refractivity (Wildman–Crippen MR) is 115 cm³/mol. The van der Waals surface area contributed by atoms with Gasteiger partial charge in [0.1, 0.15) is 0 Å². The number of amides is 1.